The van der Waals surface area contributed by atoms with Gasteiger partial charge >= 0.3 is 0 Å². The van der Waals surface area contributed by atoms with Crippen molar-refractivity contribution in [3.05, 3.63) is 91.1 Å². The van der Waals surface area contributed by atoms with Crippen LogP contribution in [0, 0.1) is 6.92 Å². The van der Waals surface area contributed by atoms with Crippen LogP contribution in [0.1, 0.15) is 32.6 Å². The minimum Gasteiger partial charge on any atom is -0.488 e. The smallest absolute Gasteiger partial charge is 0.231 e. The van der Waals surface area contributed by atoms with E-state index in [2.05, 4.69) is 0 Å². The Balaban J connectivity index is 1.41. The number of hydrogen-bond acceptors (Lipinski definition) is 5. The van der Waals surface area contributed by atoms with E-state index in [4.69, 9.17) is 53.8 Å². The third kappa shape index (κ3) is 4.18. The zero-order chi connectivity index (χ0) is 23.1. The van der Waals surface area contributed by atoms with Gasteiger partial charge in [-0.3, -0.25) is 4.79 Å². The molecule has 0 fully saturated rings. The lowest BCUT2D eigenvalue weighted by Gasteiger charge is -2.21. The van der Waals surface area contributed by atoms with Crippen LogP contribution in [0.4, 0.5) is 0 Å². The van der Waals surface area contributed by atoms with E-state index in [9.17, 15) is 4.79 Å². The van der Waals surface area contributed by atoms with Gasteiger partial charge in [-0.15, -0.1) is 0 Å². The number of fused-ring (bicyclic) bond motifs is 2. The third-order valence-corrected chi connectivity index (χ3v) is 6.32. The Bertz CT molecular complexity index is 1300. The lowest BCUT2D eigenvalue weighted by molar-refractivity contribution is -0.0175. The van der Waals surface area contributed by atoms with Crippen molar-refractivity contribution < 1.29 is 23.7 Å². The normalized spacial score (nSPS) is 15.6. The van der Waals surface area contributed by atoms with Gasteiger partial charge in [0.2, 0.25) is 5.78 Å². The van der Waals surface area contributed by atoms with Gasteiger partial charge in [0.25, 0.3) is 0 Å². The van der Waals surface area contributed by atoms with Crippen LogP contribution in [0.25, 0.3) is 6.08 Å². The molecule has 2 aliphatic rings. The Morgan fingerprint density at radius 1 is 1.06 bits per heavy atom. The Morgan fingerprint density at radius 3 is 2.64 bits per heavy atom. The number of rotatable bonds is 4. The number of halogens is 3. The van der Waals surface area contributed by atoms with Gasteiger partial charge in [-0.05, 0) is 49.4 Å². The summed E-state index contributed by atoms with van der Waals surface area (Å²) in [5, 5.41) is 1.44. The summed E-state index contributed by atoms with van der Waals surface area (Å²) in [4.78, 5) is 12.9. The van der Waals surface area contributed by atoms with Gasteiger partial charge in [0.1, 0.15) is 23.9 Å². The Hall–Kier alpha value is -2.70. The van der Waals surface area contributed by atoms with Gasteiger partial charge in [0, 0.05) is 37.3 Å². The molecule has 0 aromatic heterocycles. The van der Waals surface area contributed by atoms with Gasteiger partial charge < -0.3 is 18.9 Å². The number of Topliss-reactive ketones (excluding diaryl/α,β-unsaturated/α-hetero) is 1. The first-order chi connectivity index (χ1) is 15.9. The number of benzene rings is 3. The van der Waals surface area contributed by atoms with E-state index in [0.29, 0.717) is 49.9 Å². The Labute approximate surface area is 205 Å². The SMILES string of the molecule is Cc1c(OCc2cc(Cl)cc3c2OCOC3)ccc2c1O/C(=C\c1c(Cl)cccc1Cl)C2=O. The summed E-state index contributed by atoms with van der Waals surface area (Å²) in [6.45, 7) is 2.68. The van der Waals surface area contributed by atoms with Crippen LogP contribution in [0.3, 0.4) is 0 Å². The number of ether oxygens (including phenoxy) is 4. The molecule has 2 heterocycles. The summed E-state index contributed by atoms with van der Waals surface area (Å²) >= 11 is 18.7. The molecule has 0 saturated carbocycles. The summed E-state index contributed by atoms with van der Waals surface area (Å²) in [5.74, 6) is 1.66. The van der Waals surface area contributed by atoms with Gasteiger partial charge in [-0.25, -0.2) is 0 Å². The molecule has 0 aliphatic carbocycles. The molecule has 168 valence electrons. The van der Waals surface area contributed by atoms with Crippen molar-refractivity contribution in [3.8, 4) is 17.2 Å². The fourth-order valence-electron chi connectivity index (χ4n) is 3.82. The molecular weight excluding hydrogens is 487 g/mol. The predicted molar refractivity (Wildman–Crippen MR) is 127 cm³/mol. The molecule has 0 unspecified atom stereocenters. The van der Waals surface area contributed by atoms with Gasteiger partial charge in [-0.1, -0.05) is 40.9 Å². The molecule has 0 saturated heterocycles. The molecule has 0 spiro atoms. The zero-order valence-corrected chi connectivity index (χ0v) is 19.7. The van der Waals surface area contributed by atoms with E-state index in [0.717, 1.165) is 16.9 Å². The fraction of sp³-hybridized carbons (Fsp3) is 0.160. The lowest BCUT2D eigenvalue weighted by atomic mass is 10.1. The van der Waals surface area contributed by atoms with Crippen molar-refractivity contribution in [1.82, 2.24) is 0 Å². The zero-order valence-electron chi connectivity index (χ0n) is 17.4. The van der Waals surface area contributed by atoms with Crippen LogP contribution < -0.4 is 14.2 Å². The predicted octanol–water partition coefficient (Wildman–Crippen LogP) is 7.02. The van der Waals surface area contributed by atoms with Crippen molar-refractivity contribution in [2.24, 2.45) is 0 Å². The second kappa shape index (κ2) is 8.92. The molecule has 3 aromatic rings. The van der Waals surface area contributed by atoms with Gasteiger partial charge in [-0.2, -0.15) is 0 Å². The molecular formula is C25H17Cl3O5. The fourth-order valence-corrected chi connectivity index (χ4v) is 4.59. The van der Waals surface area contributed by atoms with Gasteiger partial charge in [0.05, 0.1) is 12.2 Å². The second-order valence-corrected chi connectivity index (χ2v) is 8.84. The van der Waals surface area contributed by atoms with Crippen molar-refractivity contribution >= 4 is 46.7 Å². The second-order valence-electron chi connectivity index (χ2n) is 7.59. The summed E-state index contributed by atoms with van der Waals surface area (Å²) < 4.78 is 23.0. The standard InChI is InChI=1S/C25H17Cl3O5/c1-13-21(31-11-15-8-16(26)7-14-10-30-12-32-25(14)15)6-5-17-23(29)22(33-24(13)17)9-18-19(27)3-2-4-20(18)28/h2-9H,10-12H2,1H3/b22-9-. The maximum Gasteiger partial charge on any atom is 0.231 e. The van der Waals surface area contributed by atoms with E-state index < -0.39 is 0 Å². The molecule has 0 atom stereocenters. The lowest BCUT2D eigenvalue weighted by Crippen LogP contribution is -2.14. The largest absolute Gasteiger partial charge is 0.488 e. The van der Waals surface area contributed by atoms with E-state index in [1.807, 2.05) is 19.1 Å². The molecule has 3 aromatic carbocycles. The summed E-state index contributed by atoms with van der Waals surface area (Å²) in [6.07, 6.45) is 1.56. The number of hydrogen-bond donors (Lipinski definition) is 0. The highest BCUT2D eigenvalue weighted by Gasteiger charge is 2.30. The van der Waals surface area contributed by atoms with E-state index in [1.165, 1.54) is 0 Å². The highest BCUT2D eigenvalue weighted by atomic mass is 35.5. The van der Waals surface area contributed by atoms with Crippen LogP contribution in [0.15, 0.2) is 48.2 Å². The Kier molecular flexibility index (Phi) is 5.97. The van der Waals surface area contributed by atoms with Crippen LogP contribution in [0.2, 0.25) is 15.1 Å². The molecule has 0 amide bonds. The van der Waals surface area contributed by atoms with Gasteiger partial charge in [0.15, 0.2) is 12.6 Å². The minimum atomic E-state index is -0.243. The molecule has 8 heteroatoms. The summed E-state index contributed by atoms with van der Waals surface area (Å²) in [7, 11) is 0. The first-order valence-corrected chi connectivity index (χ1v) is 11.2. The molecule has 0 bridgehead atoms. The van der Waals surface area contributed by atoms with Crippen LogP contribution >= 0.6 is 34.8 Å². The summed E-state index contributed by atoms with van der Waals surface area (Å²) in [6, 6.07) is 12.2. The van der Waals surface area contributed by atoms with Crippen LogP contribution in [-0.4, -0.2) is 12.6 Å². The molecule has 0 N–H and O–H groups in total. The molecule has 5 rings (SSSR count). The van der Waals surface area contributed by atoms with E-state index in [1.54, 1.807) is 36.4 Å². The highest BCUT2D eigenvalue weighted by Crippen LogP contribution is 2.41. The average Bonchev–Trinajstić information content (AvgIpc) is 3.12. The first-order valence-electron chi connectivity index (χ1n) is 10.1. The monoisotopic (exact) mass is 502 g/mol. The molecule has 0 radical (unpaired) electrons. The number of ketones is 1. The number of allylic oxidation sites excluding steroid dienone is 1. The van der Waals surface area contributed by atoms with Crippen molar-refractivity contribution in [1.29, 1.82) is 0 Å². The van der Waals surface area contributed by atoms with Crippen LogP contribution in [0.5, 0.6) is 17.2 Å². The Morgan fingerprint density at radius 2 is 1.85 bits per heavy atom. The van der Waals surface area contributed by atoms with Crippen LogP contribution in [-0.2, 0) is 18.0 Å². The first kappa shape index (κ1) is 22.1. The molecule has 2 aliphatic heterocycles. The molecule has 5 nitrogen and oxygen atoms in total. The third-order valence-electron chi connectivity index (χ3n) is 5.45. The topological polar surface area (TPSA) is 54.0 Å². The minimum absolute atomic E-state index is 0.151. The maximum atomic E-state index is 12.9. The number of carbonyl (C=O) groups excluding carboxylic acids is 1. The van der Waals surface area contributed by atoms with E-state index in [-0.39, 0.29) is 24.9 Å². The van der Waals surface area contributed by atoms with Crippen molar-refractivity contribution in [2.45, 2.75) is 20.1 Å². The van der Waals surface area contributed by atoms with E-state index >= 15 is 0 Å². The molecule has 33 heavy (non-hydrogen) atoms. The quantitative estimate of drug-likeness (QED) is 0.358. The van der Waals surface area contributed by atoms with Crippen molar-refractivity contribution in [3.63, 3.8) is 0 Å². The summed E-state index contributed by atoms with van der Waals surface area (Å²) in [5.41, 5.74) is 3.37. The maximum absolute atomic E-state index is 12.9. The van der Waals surface area contributed by atoms with Crippen molar-refractivity contribution in [2.75, 3.05) is 6.79 Å². The highest BCUT2D eigenvalue weighted by molar-refractivity contribution is 6.37. The average molecular weight is 504 g/mol. The number of carbonyl (C=O) groups is 1.